The molecule has 1 N–H and O–H groups in total. The number of carbonyl (C=O) groups excluding carboxylic acids is 1. The second-order valence-corrected chi connectivity index (χ2v) is 7.68. The number of nitrogens with zero attached hydrogens (tertiary/aromatic N) is 5. The van der Waals surface area contributed by atoms with Gasteiger partial charge in [-0.1, -0.05) is 6.07 Å². The second-order valence-electron chi connectivity index (χ2n) is 7.68. The molecule has 0 atom stereocenters. The minimum absolute atomic E-state index is 0.0514. The molecule has 0 unspecified atom stereocenters. The average molecular weight is 464 g/mol. The summed E-state index contributed by atoms with van der Waals surface area (Å²) in [5.41, 5.74) is -0.871. The maximum atomic E-state index is 13.0. The molecule has 33 heavy (non-hydrogen) atoms. The molecule has 9 nitrogen and oxygen atoms in total. The van der Waals surface area contributed by atoms with Crippen molar-refractivity contribution in [1.29, 1.82) is 0 Å². The van der Waals surface area contributed by atoms with Crippen LogP contribution in [0.2, 0.25) is 0 Å². The largest absolute Gasteiger partial charge is 0.493 e. The van der Waals surface area contributed by atoms with Crippen LogP contribution in [0, 0.1) is 0 Å². The van der Waals surface area contributed by atoms with Gasteiger partial charge in [-0.05, 0) is 37.5 Å². The minimum Gasteiger partial charge on any atom is -0.493 e. The Kier molecular flexibility index (Phi) is 6.25. The highest BCUT2D eigenvalue weighted by molar-refractivity contribution is 5.94. The monoisotopic (exact) mass is 464 g/mol. The van der Waals surface area contributed by atoms with Gasteiger partial charge in [-0.2, -0.15) is 23.4 Å². The first-order chi connectivity index (χ1) is 15.8. The number of alkyl halides is 3. The number of rotatable bonds is 7. The van der Waals surface area contributed by atoms with Gasteiger partial charge in [0.15, 0.2) is 11.4 Å². The van der Waals surface area contributed by atoms with Gasteiger partial charge >= 0.3 is 11.9 Å². The van der Waals surface area contributed by atoms with Crippen LogP contribution in [0.5, 0.6) is 5.75 Å². The molecule has 3 aromatic rings. The van der Waals surface area contributed by atoms with Crippen molar-refractivity contribution in [3.8, 4) is 11.4 Å². The molecule has 0 fully saturated rings. The van der Waals surface area contributed by atoms with Crippen LogP contribution in [0.25, 0.3) is 5.69 Å². The lowest BCUT2D eigenvalue weighted by atomic mass is 10.2. The molecule has 176 valence electrons. The van der Waals surface area contributed by atoms with Gasteiger partial charge in [0.25, 0.3) is 5.91 Å². The van der Waals surface area contributed by atoms with Crippen LogP contribution in [0.15, 0.2) is 35.3 Å². The molecule has 1 amide bonds. The van der Waals surface area contributed by atoms with Gasteiger partial charge in [0.1, 0.15) is 5.82 Å². The summed E-state index contributed by atoms with van der Waals surface area (Å²) >= 11 is 0. The molecule has 2 aromatic heterocycles. The van der Waals surface area contributed by atoms with Crippen LogP contribution in [0.4, 0.5) is 13.2 Å². The van der Waals surface area contributed by atoms with Crippen LogP contribution in [0.1, 0.15) is 41.1 Å². The average Bonchev–Trinajstić information content (AvgIpc) is 3.38. The number of aryl methyl sites for hydroxylation is 2. The van der Waals surface area contributed by atoms with E-state index in [2.05, 4.69) is 15.5 Å². The van der Waals surface area contributed by atoms with E-state index in [1.54, 1.807) is 4.57 Å². The van der Waals surface area contributed by atoms with Gasteiger partial charge in [-0.25, -0.2) is 14.2 Å². The Hall–Kier alpha value is -3.57. The predicted molar refractivity (Wildman–Crippen MR) is 111 cm³/mol. The van der Waals surface area contributed by atoms with E-state index in [1.807, 2.05) is 0 Å². The SMILES string of the molecule is COc1cn(-c2cccc(C(F)(F)F)c2)nc1C(=O)NCCCn1nc2n(c1=O)CCCC2. The van der Waals surface area contributed by atoms with E-state index in [-0.39, 0.29) is 29.4 Å². The van der Waals surface area contributed by atoms with Crippen LogP contribution in [-0.4, -0.2) is 43.7 Å². The van der Waals surface area contributed by atoms with Crippen LogP contribution < -0.4 is 15.7 Å². The molecule has 1 aliphatic heterocycles. The number of aromatic nitrogens is 5. The van der Waals surface area contributed by atoms with E-state index in [0.717, 1.165) is 41.9 Å². The first kappa shape index (κ1) is 22.6. The van der Waals surface area contributed by atoms with E-state index in [9.17, 15) is 22.8 Å². The molecule has 1 aliphatic rings. The number of hydrogen-bond acceptors (Lipinski definition) is 5. The van der Waals surface area contributed by atoms with Crippen molar-refractivity contribution >= 4 is 5.91 Å². The van der Waals surface area contributed by atoms with Crippen molar-refractivity contribution in [2.45, 2.75) is 44.9 Å². The summed E-state index contributed by atoms with van der Waals surface area (Å²) in [6.07, 6.45) is 0.0839. The molecular formula is C21H23F3N6O3. The molecule has 0 saturated carbocycles. The number of halogens is 3. The zero-order valence-electron chi connectivity index (χ0n) is 17.9. The Morgan fingerprint density at radius 2 is 2.06 bits per heavy atom. The fraction of sp³-hybridized carbons (Fsp3) is 0.429. The summed E-state index contributed by atoms with van der Waals surface area (Å²) < 4.78 is 48.5. The molecule has 0 bridgehead atoms. The summed E-state index contributed by atoms with van der Waals surface area (Å²) in [5.74, 6) is 0.386. The fourth-order valence-electron chi connectivity index (χ4n) is 3.73. The van der Waals surface area contributed by atoms with Crippen molar-refractivity contribution < 1.29 is 22.7 Å². The Bertz CT molecular complexity index is 1210. The normalized spacial score (nSPS) is 13.6. The number of nitrogens with one attached hydrogen (secondary N) is 1. The van der Waals surface area contributed by atoms with Gasteiger partial charge < -0.3 is 10.1 Å². The molecule has 0 aliphatic carbocycles. The van der Waals surface area contributed by atoms with Crippen LogP contribution >= 0.6 is 0 Å². The third-order valence-corrected chi connectivity index (χ3v) is 5.42. The lowest BCUT2D eigenvalue weighted by Gasteiger charge is -2.09. The highest BCUT2D eigenvalue weighted by Crippen LogP contribution is 2.30. The van der Waals surface area contributed by atoms with Gasteiger partial charge in [0.05, 0.1) is 24.6 Å². The van der Waals surface area contributed by atoms with Crippen LogP contribution in [-0.2, 0) is 25.7 Å². The zero-order valence-corrected chi connectivity index (χ0v) is 17.9. The zero-order chi connectivity index (χ0) is 23.6. The highest BCUT2D eigenvalue weighted by Gasteiger charge is 2.30. The van der Waals surface area contributed by atoms with Crippen molar-refractivity contribution in [3.63, 3.8) is 0 Å². The molecule has 12 heteroatoms. The number of hydrogen-bond donors (Lipinski definition) is 1. The number of methoxy groups -OCH3 is 1. The maximum Gasteiger partial charge on any atom is 0.416 e. The summed E-state index contributed by atoms with van der Waals surface area (Å²) in [6.45, 7) is 1.29. The van der Waals surface area contributed by atoms with Gasteiger partial charge in [0.2, 0.25) is 0 Å². The third kappa shape index (κ3) is 4.78. The molecule has 1 aromatic carbocycles. The summed E-state index contributed by atoms with van der Waals surface area (Å²) in [5, 5.41) is 11.2. The van der Waals surface area contributed by atoms with E-state index in [0.29, 0.717) is 19.5 Å². The van der Waals surface area contributed by atoms with Crippen molar-refractivity contribution in [2.75, 3.05) is 13.7 Å². The van der Waals surface area contributed by atoms with Gasteiger partial charge in [-0.3, -0.25) is 9.36 Å². The summed E-state index contributed by atoms with van der Waals surface area (Å²) in [4.78, 5) is 24.9. The molecule has 3 heterocycles. The Labute approximate surface area is 186 Å². The van der Waals surface area contributed by atoms with Gasteiger partial charge in [-0.15, -0.1) is 0 Å². The molecule has 4 rings (SSSR count). The molecule has 0 spiro atoms. The first-order valence-electron chi connectivity index (χ1n) is 10.5. The Morgan fingerprint density at radius 3 is 2.79 bits per heavy atom. The smallest absolute Gasteiger partial charge is 0.416 e. The number of amides is 1. The fourth-order valence-corrected chi connectivity index (χ4v) is 3.73. The minimum atomic E-state index is -4.50. The molecule has 0 radical (unpaired) electrons. The predicted octanol–water partition coefficient (Wildman–Crippen LogP) is 2.41. The quantitative estimate of drug-likeness (QED) is 0.542. The number of carbonyl (C=O) groups is 1. The first-order valence-corrected chi connectivity index (χ1v) is 10.5. The van der Waals surface area contributed by atoms with Crippen molar-refractivity contribution in [3.05, 3.63) is 58.0 Å². The topological polar surface area (TPSA) is 96.0 Å². The second kappa shape index (κ2) is 9.12. The molecular weight excluding hydrogens is 441 g/mol. The van der Waals surface area contributed by atoms with E-state index in [1.165, 1.54) is 30.1 Å². The van der Waals surface area contributed by atoms with Crippen molar-refractivity contribution in [1.82, 2.24) is 29.4 Å². The lowest BCUT2D eigenvalue weighted by molar-refractivity contribution is -0.137. The number of fused-ring (bicyclic) bond motifs is 1. The number of benzene rings is 1. The molecule has 0 saturated heterocycles. The Balaban J connectivity index is 1.40. The van der Waals surface area contributed by atoms with Crippen molar-refractivity contribution in [2.24, 2.45) is 0 Å². The number of ether oxygens (including phenoxy) is 1. The van der Waals surface area contributed by atoms with E-state index < -0.39 is 17.6 Å². The highest BCUT2D eigenvalue weighted by atomic mass is 19.4. The lowest BCUT2D eigenvalue weighted by Crippen LogP contribution is -2.29. The maximum absolute atomic E-state index is 13.0. The van der Waals surface area contributed by atoms with Gasteiger partial charge in [0, 0.05) is 26.1 Å². The third-order valence-electron chi connectivity index (χ3n) is 5.42. The van der Waals surface area contributed by atoms with E-state index in [4.69, 9.17) is 4.74 Å². The summed E-state index contributed by atoms with van der Waals surface area (Å²) in [7, 11) is 1.34. The standard InChI is InChI=1S/C21H23F3N6O3/c1-33-16-13-30(15-7-4-6-14(12-15)21(22,23)24)27-18(16)19(31)25-9-5-11-29-20(32)28-10-3-2-8-17(28)26-29/h4,6-7,12-13H,2-3,5,8-11H2,1H3,(H,25,31). The van der Waals surface area contributed by atoms with Crippen LogP contribution in [0.3, 0.4) is 0 Å². The van der Waals surface area contributed by atoms with E-state index >= 15 is 0 Å². The summed E-state index contributed by atoms with van der Waals surface area (Å²) in [6, 6.07) is 4.61. The Morgan fingerprint density at radius 1 is 1.24 bits per heavy atom.